The van der Waals surface area contributed by atoms with Gasteiger partial charge >= 0.3 is 0 Å². The van der Waals surface area contributed by atoms with Crippen LogP contribution >= 0.6 is 0 Å². The lowest BCUT2D eigenvalue weighted by Crippen LogP contribution is -2.41. The largest absolute Gasteiger partial charge is 0.469 e. The van der Waals surface area contributed by atoms with E-state index in [4.69, 9.17) is 9.15 Å². The second kappa shape index (κ2) is 9.24. The van der Waals surface area contributed by atoms with E-state index in [-0.39, 0.29) is 6.10 Å². The number of hydrogen-bond acceptors (Lipinski definition) is 5. The number of aliphatic imine (C=N–C) groups is 1. The van der Waals surface area contributed by atoms with Crippen molar-refractivity contribution in [2.45, 2.75) is 26.0 Å². The van der Waals surface area contributed by atoms with Gasteiger partial charge in [-0.15, -0.1) is 0 Å². The molecule has 0 radical (unpaired) electrons. The van der Waals surface area contributed by atoms with Crippen LogP contribution in [-0.4, -0.2) is 50.3 Å². The van der Waals surface area contributed by atoms with Crippen molar-refractivity contribution in [3.8, 4) is 0 Å². The van der Waals surface area contributed by atoms with Gasteiger partial charge in [0.1, 0.15) is 11.6 Å². The Bertz CT molecular complexity index is 684. The summed E-state index contributed by atoms with van der Waals surface area (Å²) in [6, 6.07) is 8.05. The number of nitrogens with zero attached hydrogens (tertiary/aromatic N) is 3. The molecule has 0 saturated carbocycles. The van der Waals surface area contributed by atoms with Crippen LogP contribution in [-0.2, 0) is 17.7 Å². The number of ether oxygens (including phenoxy) is 1. The molecule has 1 unspecified atom stereocenters. The Balaban J connectivity index is 1.44. The normalized spacial score (nSPS) is 18.0. The molecule has 2 aromatic rings. The second-order valence-corrected chi connectivity index (χ2v) is 6.33. The van der Waals surface area contributed by atoms with E-state index in [1.54, 1.807) is 13.3 Å². The average Bonchev–Trinajstić information content (AvgIpc) is 3.18. The lowest BCUT2D eigenvalue weighted by molar-refractivity contribution is 0.0529. The third-order valence-electron chi connectivity index (χ3n) is 4.30. The molecular weight excluding hydrogens is 330 g/mol. The van der Waals surface area contributed by atoms with E-state index in [0.717, 1.165) is 55.8 Å². The molecule has 1 saturated heterocycles. The van der Waals surface area contributed by atoms with Crippen molar-refractivity contribution in [1.82, 2.24) is 15.6 Å². The molecule has 140 valence electrons. The minimum atomic E-state index is 0.252. The maximum absolute atomic E-state index is 5.58. The zero-order chi connectivity index (χ0) is 18.2. The van der Waals surface area contributed by atoms with Gasteiger partial charge in [-0.2, -0.15) is 0 Å². The zero-order valence-electron chi connectivity index (χ0n) is 15.4. The van der Waals surface area contributed by atoms with Crippen LogP contribution < -0.4 is 15.5 Å². The van der Waals surface area contributed by atoms with Crippen LogP contribution in [0.3, 0.4) is 0 Å². The smallest absolute Gasteiger partial charge is 0.191 e. The van der Waals surface area contributed by atoms with Gasteiger partial charge < -0.3 is 24.7 Å². The maximum Gasteiger partial charge on any atom is 0.191 e. The number of pyridine rings is 1. The molecule has 1 aliphatic rings. The Kier molecular flexibility index (Phi) is 6.49. The first-order chi connectivity index (χ1) is 12.7. The summed E-state index contributed by atoms with van der Waals surface area (Å²) in [7, 11) is 1.77. The van der Waals surface area contributed by atoms with E-state index in [1.807, 2.05) is 18.3 Å². The van der Waals surface area contributed by atoms with Gasteiger partial charge in [0.25, 0.3) is 0 Å². The molecule has 0 aromatic carbocycles. The number of guanidine groups is 1. The van der Waals surface area contributed by atoms with Crippen molar-refractivity contribution in [2.75, 3.05) is 38.2 Å². The second-order valence-electron chi connectivity index (χ2n) is 6.33. The molecule has 0 aliphatic carbocycles. The highest BCUT2D eigenvalue weighted by molar-refractivity contribution is 5.79. The van der Waals surface area contributed by atoms with Gasteiger partial charge in [0.15, 0.2) is 5.96 Å². The van der Waals surface area contributed by atoms with Gasteiger partial charge in [-0.25, -0.2) is 4.98 Å². The molecule has 0 amide bonds. The number of morpholine rings is 1. The topological polar surface area (TPSA) is 74.9 Å². The number of nitrogens with one attached hydrogen (secondary N) is 2. The molecule has 1 aliphatic heterocycles. The lowest BCUT2D eigenvalue weighted by Gasteiger charge is -2.32. The minimum absolute atomic E-state index is 0.252. The van der Waals surface area contributed by atoms with Crippen molar-refractivity contribution in [3.63, 3.8) is 0 Å². The molecule has 2 N–H and O–H groups in total. The summed E-state index contributed by atoms with van der Waals surface area (Å²) in [4.78, 5) is 11.1. The van der Waals surface area contributed by atoms with Gasteiger partial charge in [0.2, 0.25) is 0 Å². The van der Waals surface area contributed by atoms with Crippen molar-refractivity contribution in [1.29, 1.82) is 0 Å². The molecule has 3 heterocycles. The Hall–Kier alpha value is -2.54. The van der Waals surface area contributed by atoms with E-state index < -0.39 is 0 Å². The first kappa shape index (κ1) is 18.3. The Morgan fingerprint density at radius 1 is 1.35 bits per heavy atom. The van der Waals surface area contributed by atoms with E-state index in [9.17, 15) is 0 Å². The highest BCUT2D eigenvalue weighted by atomic mass is 16.5. The van der Waals surface area contributed by atoms with Crippen molar-refractivity contribution in [3.05, 3.63) is 48.0 Å². The first-order valence-corrected chi connectivity index (χ1v) is 9.03. The molecular formula is C19H27N5O2. The van der Waals surface area contributed by atoms with Crippen molar-refractivity contribution in [2.24, 2.45) is 4.99 Å². The number of rotatable bonds is 6. The fourth-order valence-electron chi connectivity index (χ4n) is 2.90. The van der Waals surface area contributed by atoms with Crippen molar-refractivity contribution >= 4 is 11.8 Å². The molecule has 2 aromatic heterocycles. The number of hydrogen-bond donors (Lipinski definition) is 2. The predicted molar refractivity (Wildman–Crippen MR) is 102 cm³/mol. The van der Waals surface area contributed by atoms with Crippen LogP contribution in [0.5, 0.6) is 0 Å². The van der Waals surface area contributed by atoms with Crippen molar-refractivity contribution < 1.29 is 9.15 Å². The van der Waals surface area contributed by atoms with Crippen LogP contribution in [0.4, 0.5) is 5.82 Å². The van der Waals surface area contributed by atoms with Gasteiger partial charge in [0.05, 0.1) is 19.0 Å². The Morgan fingerprint density at radius 2 is 2.27 bits per heavy atom. The number of aromatic nitrogens is 1. The fourth-order valence-corrected chi connectivity index (χ4v) is 2.90. The Labute approximate surface area is 154 Å². The van der Waals surface area contributed by atoms with Crippen LogP contribution in [0, 0.1) is 0 Å². The highest BCUT2D eigenvalue weighted by Gasteiger charge is 2.17. The van der Waals surface area contributed by atoms with Crippen LogP contribution in [0.2, 0.25) is 0 Å². The molecule has 3 rings (SSSR count). The predicted octanol–water partition coefficient (Wildman–Crippen LogP) is 1.81. The monoisotopic (exact) mass is 357 g/mol. The average molecular weight is 357 g/mol. The third kappa shape index (κ3) is 5.23. The quantitative estimate of drug-likeness (QED) is 0.607. The standard InChI is InChI=1S/C19H27N5O2/c1-15-14-24(9-11-25-15)18-6-5-16(12-22-18)13-23-19(20-2)21-8-7-17-4-3-10-26-17/h3-6,10,12,15H,7-9,11,13-14H2,1-2H3,(H2,20,21,23). The summed E-state index contributed by atoms with van der Waals surface area (Å²) in [6.45, 7) is 6.06. The summed E-state index contributed by atoms with van der Waals surface area (Å²) in [6.07, 6.45) is 4.68. The fraction of sp³-hybridized carbons (Fsp3) is 0.474. The molecule has 7 heteroatoms. The summed E-state index contributed by atoms with van der Waals surface area (Å²) in [5, 5.41) is 6.59. The number of anilines is 1. The molecule has 0 bridgehead atoms. The zero-order valence-corrected chi connectivity index (χ0v) is 15.4. The molecule has 1 atom stereocenters. The maximum atomic E-state index is 5.58. The summed E-state index contributed by atoms with van der Waals surface area (Å²) >= 11 is 0. The van der Waals surface area contributed by atoms with Crippen LogP contribution in [0.1, 0.15) is 18.2 Å². The van der Waals surface area contributed by atoms with Gasteiger partial charge in [-0.1, -0.05) is 6.07 Å². The van der Waals surface area contributed by atoms with Crippen LogP contribution in [0.25, 0.3) is 0 Å². The van der Waals surface area contributed by atoms with E-state index in [0.29, 0.717) is 6.54 Å². The molecule has 1 fully saturated rings. The SMILES string of the molecule is CN=C(NCCc1ccco1)NCc1ccc(N2CCOC(C)C2)nc1. The molecule has 26 heavy (non-hydrogen) atoms. The van der Waals surface area contributed by atoms with Gasteiger partial charge in [-0.3, -0.25) is 4.99 Å². The van der Waals surface area contributed by atoms with E-state index >= 15 is 0 Å². The third-order valence-corrected chi connectivity index (χ3v) is 4.30. The Morgan fingerprint density at radius 3 is 2.96 bits per heavy atom. The molecule has 7 nitrogen and oxygen atoms in total. The first-order valence-electron chi connectivity index (χ1n) is 9.03. The number of furan rings is 1. The molecule has 0 spiro atoms. The van der Waals surface area contributed by atoms with E-state index in [2.05, 4.69) is 44.6 Å². The van der Waals surface area contributed by atoms with E-state index in [1.165, 1.54) is 0 Å². The lowest BCUT2D eigenvalue weighted by atomic mass is 10.2. The minimum Gasteiger partial charge on any atom is -0.469 e. The van der Waals surface area contributed by atoms with Crippen LogP contribution in [0.15, 0.2) is 46.1 Å². The highest BCUT2D eigenvalue weighted by Crippen LogP contribution is 2.15. The van der Waals surface area contributed by atoms with Gasteiger partial charge in [0, 0.05) is 45.8 Å². The summed E-state index contributed by atoms with van der Waals surface area (Å²) in [5.74, 6) is 2.73. The summed E-state index contributed by atoms with van der Waals surface area (Å²) in [5.41, 5.74) is 1.11. The van der Waals surface area contributed by atoms with Gasteiger partial charge in [-0.05, 0) is 30.7 Å². The summed E-state index contributed by atoms with van der Waals surface area (Å²) < 4.78 is 10.9.